The number of rotatable bonds is 5. The van der Waals surface area contributed by atoms with Gasteiger partial charge in [0.25, 0.3) is 0 Å². The lowest BCUT2D eigenvalue weighted by Gasteiger charge is -2.33. The fourth-order valence-electron chi connectivity index (χ4n) is 2.68. The minimum absolute atomic E-state index is 0.582. The third-order valence-electron chi connectivity index (χ3n) is 3.95. The molecule has 25 heavy (non-hydrogen) atoms. The summed E-state index contributed by atoms with van der Waals surface area (Å²) in [5.74, 6) is -2.54. The topological polar surface area (TPSA) is 61.8 Å². The smallest absolute Gasteiger partial charge is 0.425 e. The summed E-state index contributed by atoms with van der Waals surface area (Å²) in [6.45, 7) is 3.11. The number of esters is 2. The van der Waals surface area contributed by atoms with E-state index >= 15 is 0 Å². The Morgan fingerprint density at radius 2 is 1.40 bits per heavy atom. The summed E-state index contributed by atoms with van der Waals surface area (Å²) in [6.07, 6.45) is -5.01. The van der Waals surface area contributed by atoms with Gasteiger partial charge in [0.1, 0.15) is 0 Å². The molecule has 5 nitrogen and oxygen atoms in total. The highest BCUT2D eigenvalue weighted by Gasteiger charge is 2.78. The maximum absolute atomic E-state index is 13.9. The molecule has 0 saturated carbocycles. The Kier molecular flexibility index (Phi) is 4.84. The third-order valence-corrected chi connectivity index (χ3v) is 6.49. The fourth-order valence-corrected chi connectivity index (χ4v) is 4.88. The minimum atomic E-state index is -5.01. The van der Waals surface area contributed by atoms with E-state index in [1.54, 1.807) is 43.4 Å². The van der Waals surface area contributed by atoms with Crippen LogP contribution < -0.4 is 5.19 Å². The Morgan fingerprint density at radius 1 is 0.960 bits per heavy atom. The first-order valence-electron chi connectivity index (χ1n) is 7.27. The van der Waals surface area contributed by atoms with Crippen molar-refractivity contribution in [3.05, 3.63) is 41.5 Å². The van der Waals surface area contributed by atoms with Crippen molar-refractivity contribution in [2.45, 2.75) is 24.9 Å². The number of halogens is 3. The van der Waals surface area contributed by atoms with E-state index in [1.165, 1.54) is 0 Å². The summed E-state index contributed by atoms with van der Waals surface area (Å²) < 4.78 is 55.9. The number of hydrogen-bond donors (Lipinski definition) is 0. The molecule has 1 aromatic carbocycles. The lowest BCUT2D eigenvalue weighted by Crippen LogP contribution is -2.55. The van der Waals surface area contributed by atoms with Crippen LogP contribution in [-0.4, -0.2) is 46.3 Å². The van der Waals surface area contributed by atoms with Crippen molar-refractivity contribution in [1.82, 2.24) is 0 Å². The lowest BCUT2D eigenvalue weighted by molar-refractivity contribution is -0.208. The van der Waals surface area contributed by atoms with E-state index < -0.39 is 43.2 Å². The van der Waals surface area contributed by atoms with Crippen molar-refractivity contribution in [2.75, 3.05) is 14.2 Å². The van der Waals surface area contributed by atoms with E-state index in [9.17, 15) is 22.8 Å². The lowest BCUT2D eigenvalue weighted by atomic mass is 10.2. The van der Waals surface area contributed by atoms with Gasteiger partial charge < -0.3 is 13.9 Å². The van der Waals surface area contributed by atoms with Crippen molar-refractivity contribution < 1.29 is 36.7 Å². The molecule has 9 heteroatoms. The number of alkyl halides is 3. The molecule has 0 amide bonds. The number of methoxy groups -OCH3 is 2. The highest BCUT2D eigenvalue weighted by molar-refractivity contribution is 6.84. The molecule has 136 valence electrons. The van der Waals surface area contributed by atoms with Gasteiger partial charge in [-0.3, -0.25) is 0 Å². The zero-order valence-corrected chi connectivity index (χ0v) is 15.1. The molecule has 0 atom stereocenters. The number of hydrogen-bond acceptors (Lipinski definition) is 5. The molecule has 2 rings (SSSR count). The molecular formula is C16H17F3O5Si. The van der Waals surface area contributed by atoms with Gasteiger partial charge in [-0.2, -0.15) is 13.2 Å². The first kappa shape index (κ1) is 19.2. The average Bonchev–Trinajstić information content (AvgIpc) is 3.23. The molecule has 0 aromatic heterocycles. The van der Waals surface area contributed by atoms with Gasteiger partial charge in [0.05, 0.1) is 25.4 Å². The van der Waals surface area contributed by atoms with Crippen LogP contribution in [0.15, 0.2) is 41.5 Å². The van der Waals surface area contributed by atoms with Crippen LogP contribution in [0.4, 0.5) is 13.2 Å². The maximum atomic E-state index is 13.9. The number of carbonyl (C=O) groups excluding carboxylic acids is 2. The summed E-state index contributed by atoms with van der Waals surface area (Å²) in [4.78, 5) is 23.7. The van der Waals surface area contributed by atoms with Crippen molar-refractivity contribution in [3.8, 4) is 0 Å². The summed E-state index contributed by atoms with van der Waals surface area (Å²) in [5, 5.41) is 0.582. The van der Waals surface area contributed by atoms with Gasteiger partial charge >= 0.3 is 18.1 Å². The fraction of sp³-hybridized carbons (Fsp3) is 0.375. The van der Waals surface area contributed by atoms with Gasteiger partial charge in [0.15, 0.2) is 0 Å². The Labute approximate surface area is 143 Å². The second-order valence-electron chi connectivity index (χ2n) is 5.89. The van der Waals surface area contributed by atoms with Crippen LogP contribution in [-0.2, 0) is 23.5 Å². The Morgan fingerprint density at radius 3 is 1.76 bits per heavy atom. The Hall–Kier alpha value is -2.13. The van der Waals surface area contributed by atoms with Gasteiger partial charge in [-0.15, -0.1) is 0 Å². The van der Waals surface area contributed by atoms with Crippen LogP contribution in [0, 0.1) is 0 Å². The minimum Gasteiger partial charge on any atom is -0.466 e. The standard InChI is InChI=1S/C16H17F3O5Si/c1-22-13(20)11-12(14(21)23-2)15(11,16(17,18)19)24-25(3,4)10-8-6-5-7-9-10/h5-9H,1-4H3. The van der Waals surface area contributed by atoms with Gasteiger partial charge in [0, 0.05) is 0 Å². The average molecular weight is 374 g/mol. The maximum Gasteiger partial charge on any atom is 0.425 e. The SMILES string of the molecule is COC(=O)C1=C(C(=O)OC)C1(O[Si](C)(C)c1ccccc1)C(F)(F)F. The summed E-state index contributed by atoms with van der Waals surface area (Å²) in [6, 6.07) is 8.37. The zero-order chi connectivity index (χ0) is 19.0. The van der Waals surface area contributed by atoms with Gasteiger partial charge in [-0.25, -0.2) is 9.59 Å². The summed E-state index contributed by atoms with van der Waals surface area (Å²) in [7, 11) is -1.27. The molecule has 1 aliphatic rings. The van der Waals surface area contributed by atoms with E-state index in [4.69, 9.17) is 4.43 Å². The van der Waals surface area contributed by atoms with E-state index in [0.717, 1.165) is 14.2 Å². The van der Waals surface area contributed by atoms with Gasteiger partial charge in [0.2, 0.25) is 13.9 Å². The first-order valence-corrected chi connectivity index (χ1v) is 10.2. The van der Waals surface area contributed by atoms with Gasteiger partial charge in [-0.05, 0) is 18.3 Å². The van der Waals surface area contributed by atoms with E-state index in [2.05, 4.69) is 9.47 Å². The second kappa shape index (κ2) is 6.30. The van der Waals surface area contributed by atoms with Crippen LogP contribution >= 0.6 is 0 Å². The third kappa shape index (κ3) is 3.09. The monoisotopic (exact) mass is 374 g/mol. The van der Waals surface area contributed by atoms with Crippen molar-refractivity contribution >= 4 is 25.4 Å². The molecule has 0 aliphatic heterocycles. The van der Waals surface area contributed by atoms with Crippen LogP contribution in [0.1, 0.15) is 0 Å². The molecule has 0 N–H and O–H groups in total. The molecule has 0 bridgehead atoms. The normalized spacial score (nSPS) is 16.4. The largest absolute Gasteiger partial charge is 0.466 e. The highest BCUT2D eigenvalue weighted by atomic mass is 28.4. The van der Waals surface area contributed by atoms with Crippen molar-refractivity contribution in [2.24, 2.45) is 0 Å². The predicted octanol–water partition coefficient (Wildman–Crippen LogP) is 2.07. The van der Waals surface area contributed by atoms with Crippen LogP contribution in [0.3, 0.4) is 0 Å². The quantitative estimate of drug-likeness (QED) is 0.583. The van der Waals surface area contributed by atoms with Crippen molar-refractivity contribution in [3.63, 3.8) is 0 Å². The van der Waals surface area contributed by atoms with Crippen molar-refractivity contribution in [1.29, 1.82) is 0 Å². The van der Waals surface area contributed by atoms with Crippen LogP contribution in [0.2, 0.25) is 13.1 Å². The molecule has 0 radical (unpaired) electrons. The predicted molar refractivity (Wildman–Crippen MR) is 84.5 cm³/mol. The van der Waals surface area contributed by atoms with Crippen LogP contribution in [0.25, 0.3) is 0 Å². The van der Waals surface area contributed by atoms with Crippen LogP contribution in [0.5, 0.6) is 0 Å². The van der Waals surface area contributed by atoms with E-state index in [0.29, 0.717) is 5.19 Å². The number of carbonyl (C=O) groups is 2. The highest BCUT2D eigenvalue weighted by Crippen LogP contribution is 2.59. The number of ether oxygens (including phenoxy) is 2. The summed E-state index contributed by atoms with van der Waals surface area (Å²) in [5.41, 5.74) is -4.81. The zero-order valence-electron chi connectivity index (χ0n) is 14.1. The first-order chi connectivity index (χ1) is 11.5. The molecule has 0 fully saturated rings. The molecule has 0 unspecified atom stereocenters. The van der Waals surface area contributed by atoms with E-state index in [1.807, 2.05) is 0 Å². The molecule has 0 spiro atoms. The molecule has 0 heterocycles. The molecular weight excluding hydrogens is 357 g/mol. The molecule has 0 saturated heterocycles. The second-order valence-corrected chi connectivity index (χ2v) is 9.69. The van der Waals surface area contributed by atoms with E-state index in [-0.39, 0.29) is 0 Å². The molecule has 1 aromatic rings. The Bertz CT molecular complexity index is 699. The van der Waals surface area contributed by atoms with Gasteiger partial charge in [-0.1, -0.05) is 30.3 Å². The summed E-state index contributed by atoms with van der Waals surface area (Å²) >= 11 is 0. The number of benzene rings is 1. The molecule has 1 aliphatic carbocycles. The Balaban J connectivity index is 2.52.